The first-order valence-electron chi connectivity index (χ1n) is 7.68. The van der Waals surface area contributed by atoms with Gasteiger partial charge in [-0.25, -0.2) is 0 Å². The van der Waals surface area contributed by atoms with Gasteiger partial charge in [-0.15, -0.1) is 0 Å². The number of hydrogen-bond acceptors (Lipinski definition) is 5. The van der Waals surface area contributed by atoms with E-state index in [1.165, 1.54) is 19.3 Å². The van der Waals surface area contributed by atoms with Gasteiger partial charge >= 0.3 is 0 Å². The molecule has 1 fully saturated rings. The van der Waals surface area contributed by atoms with Crippen molar-refractivity contribution < 1.29 is 19.3 Å². The molecule has 0 bridgehead atoms. The van der Waals surface area contributed by atoms with Crippen molar-refractivity contribution >= 4 is 0 Å². The van der Waals surface area contributed by atoms with E-state index in [1.807, 2.05) is 18.2 Å². The second-order valence-electron chi connectivity index (χ2n) is 5.72. The molecule has 3 rings (SSSR count). The molecular formula is C16H23NO4. The summed E-state index contributed by atoms with van der Waals surface area (Å²) in [6.45, 7) is 4.03. The Hall–Kier alpha value is -1.30. The third-order valence-corrected chi connectivity index (χ3v) is 3.93. The predicted molar refractivity (Wildman–Crippen MR) is 78.5 cm³/mol. The van der Waals surface area contributed by atoms with Crippen LogP contribution in [-0.2, 0) is 11.3 Å². The van der Waals surface area contributed by atoms with Crippen molar-refractivity contribution in [1.29, 1.82) is 0 Å². The minimum atomic E-state index is -0.419. The molecule has 0 unspecified atom stereocenters. The van der Waals surface area contributed by atoms with Gasteiger partial charge in [0, 0.05) is 6.54 Å². The molecule has 5 nitrogen and oxygen atoms in total. The van der Waals surface area contributed by atoms with Gasteiger partial charge in [0.25, 0.3) is 0 Å². The van der Waals surface area contributed by atoms with Gasteiger partial charge in [-0.3, -0.25) is 0 Å². The summed E-state index contributed by atoms with van der Waals surface area (Å²) >= 11 is 0. The third kappa shape index (κ3) is 4.09. The summed E-state index contributed by atoms with van der Waals surface area (Å²) in [4.78, 5) is 2.32. The standard InChI is InChI=1S/C16H23NO4/c18-14(9-17-6-2-1-3-7-17)11-19-10-13-4-5-15-16(8-13)21-12-20-15/h4-5,8,14,18H,1-3,6-7,9-12H2/t14-/m0/s1. The Bertz CT molecular complexity index is 460. The number of aliphatic hydroxyl groups is 1. The topological polar surface area (TPSA) is 51.2 Å². The molecule has 1 atom stereocenters. The molecule has 2 aliphatic rings. The van der Waals surface area contributed by atoms with Crippen LogP contribution in [0.5, 0.6) is 11.5 Å². The smallest absolute Gasteiger partial charge is 0.231 e. The molecule has 5 heteroatoms. The van der Waals surface area contributed by atoms with Crippen LogP contribution in [0.1, 0.15) is 24.8 Å². The number of β-amino-alcohol motifs (C(OH)–C–C–N with tert-alkyl or cyclic N) is 1. The van der Waals surface area contributed by atoms with E-state index in [0.29, 0.717) is 19.8 Å². The molecule has 0 spiro atoms. The summed E-state index contributed by atoms with van der Waals surface area (Å²) in [6.07, 6.45) is 3.38. The van der Waals surface area contributed by atoms with E-state index < -0.39 is 6.10 Å². The molecule has 2 heterocycles. The first-order chi connectivity index (χ1) is 10.3. The fourth-order valence-corrected chi connectivity index (χ4v) is 2.84. The van der Waals surface area contributed by atoms with Gasteiger partial charge in [-0.05, 0) is 43.6 Å². The van der Waals surface area contributed by atoms with Gasteiger partial charge in [0.2, 0.25) is 6.79 Å². The van der Waals surface area contributed by atoms with E-state index in [-0.39, 0.29) is 6.79 Å². The monoisotopic (exact) mass is 293 g/mol. The second kappa shape index (κ2) is 7.11. The van der Waals surface area contributed by atoms with Crippen LogP contribution < -0.4 is 9.47 Å². The molecule has 1 aromatic carbocycles. The Morgan fingerprint density at radius 2 is 1.95 bits per heavy atom. The predicted octanol–water partition coefficient (Wildman–Crippen LogP) is 1.78. The van der Waals surface area contributed by atoms with Crippen molar-refractivity contribution in [2.45, 2.75) is 32.0 Å². The first-order valence-corrected chi connectivity index (χ1v) is 7.68. The number of likely N-dealkylation sites (tertiary alicyclic amines) is 1. The van der Waals surface area contributed by atoms with E-state index >= 15 is 0 Å². The maximum absolute atomic E-state index is 10.0. The van der Waals surface area contributed by atoms with Crippen LogP contribution in [0.25, 0.3) is 0 Å². The molecular weight excluding hydrogens is 270 g/mol. The van der Waals surface area contributed by atoms with Gasteiger partial charge in [0.05, 0.1) is 19.3 Å². The van der Waals surface area contributed by atoms with Crippen molar-refractivity contribution in [3.05, 3.63) is 23.8 Å². The molecule has 0 aliphatic carbocycles. The molecule has 1 N–H and O–H groups in total. The van der Waals surface area contributed by atoms with Gasteiger partial charge in [0.1, 0.15) is 0 Å². The summed E-state index contributed by atoms with van der Waals surface area (Å²) in [6, 6.07) is 5.79. The number of nitrogens with zero attached hydrogens (tertiary/aromatic N) is 1. The summed E-state index contributed by atoms with van der Waals surface area (Å²) in [5.74, 6) is 1.55. The zero-order valence-corrected chi connectivity index (χ0v) is 12.3. The Labute approximate surface area is 125 Å². The zero-order valence-electron chi connectivity index (χ0n) is 12.3. The average molecular weight is 293 g/mol. The lowest BCUT2D eigenvalue weighted by molar-refractivity contribution is 0.00710. The number of aliphatic hydroxyl groups excluding tert-OH is 1. The highest BCUT2D eigenvalue weighted by molar-refractivity contribution is 5.44. The normalized spacial score (nSPS) is 19.7. The Kier molecular flexibility index (Phi) is 4.95. The van der Waals surface area contributed by atoms with Gasteiger partial charge in [-0.1, -0.05) is 12.5 Å². The average Bonchev–Trinajstić information content (AvgIpc) is 2.96. The highest BCUT2D eigenvalue weighted by atomic mass is 16.7. The van der Waals surface area contributed by atoms with Gasteiger partial charge < -0.3 is 24.2 Å². The van der Waals surface area contributed by atoms with Gasteiger partial charge in [0.15, 0.2) is 11.5 Å². The van der Waals surface area contributed by atoms with E-state index in [1.54, 1.807) is 0 Å². The Morgan fingerprint density at radius 1 is 1.14 bits per heavy atom. The lowest BCUT2D eigenvalue weighted by atomic mass is 10.1. The van der Waals surface area contributed by atoms with Gasteiger partial charge in [-0.2, -0.15) is 0 Å². The van der Waals surface area contributed by atoms with Crippen molar-refractivity contribution in [2.75, 3.05) is 33.0 Å². The Morgan fingerprint density at radius 3 is 2.81 bits per heavy atom. The van der Waals surface area contributed by atoms with E-state index in [2.05, 4.69) is 4.90 Å². The lowest BCUT2D eigenvalue weighted by Crippen LogP contribution is -2.38. The molecule has 1 saturated heterocycles. The highest BCUT2D eigenvalue weighted by Crippen LogP contribution is 2.32. The highest BCUT2D eigenvalue weighted by Gasteiger charge is 2.15. The quantitative estimate of drug-likeness (QED) is 0.866. The number of rotatable bonds is 6. The molecule has 116 valence electrons. The molecule has 0 amide bonds. The molecule has 21 heavy (non-hydrogen) atoms. The fraction of sp³-hybridized carbons (Fsp3) is 0.625. The van der Waals surface area contributed by atoms with Crippen LogP contribution in [0.3, 0.4) is 0 Å². The van der Waals surface area contributed by atoms with E-state index in [0.717, 1.165) is 30.2 Å². The number of fused-ring (bicyclic) bond motifs is 1. The van der Waals surface area contributed by atoms with Crippen LogP contribution in [0.2, 0.25) is 0 Å². The second-order valence-corrected chi connectivity index (χ2v) is 5.72. The van der Waals surface area contributed by atoms with E-state index in [9.17, 15) is 5.11 Å². The van der Waals surface area contributed by atoms with Crippen molar-refractivity contribution in [3.8, 4) is 11.5 Å². The van der Waals surface area contributed by atoms with Crippen LogP contribution in [0.4, 0.5) is 0 Å². The molecule has 0 radical (unpaired) electrons. The van der Waals surface area contributed by atoms with Crippen molar-refractivity contribution in [1.82, 2.24) is 4.90 Å². The number of ether oxygens (including phenoxy) is 3. The van der Waals surface area contributed by atoms with E-state index in [4.69, 9.17) is 14.2 Å². The number of piperidine rings is 1. The fourth-order valence-electron chi connectivity index (χ4n) is 2.84. The summed E-state index contributed by atoms with van der Waals surface area (Å²) in [5.41, 5.74) is 1.03. The van der Waals surface area contributed by atoms with Crippen LogP contribution in [-0.4, -0.2) is 49.1 Å². The molecule has 0 saturated carbocycles. The number of hydrogen-bond donors (Lipinski definition) is 1. The Balaban J connectivity index is 1.39. The summed E-state index contributed by atoms with van der Waals surface area (Å²) in [7, 11) is 0. The zero-order chi connectivity index (χ0) is 14.5. The maximum atomic E-state index is 10.0. The van der Waals surface area contributed by atoms with Crippen molar-refractivity contribution in [3.63, 3.8) is 0 Å². The molecule has 2 aliphatic heterocycles. The largest absolute Gasteiger partial charge is 0.454 e. The molecule has 1 aromatic rings. The summed E-state index contributed by atoms with van der Waals surface area (Å²) < 4.78 is 16.2. The maximum Gasteiger partial charge on any atom is 0.231 e. The van der Waals surface area contributed by atoms with Crippen LogP contribution >= 0.6 is 0 Å². The first kappa shape index (κ1) is 14.6. The number of benzene rings is 1. The minimum Gasteiger partial charge on any atom is -0.454 e. The van der Waals surface area contributed by atoms with Crippen LogP contribution in [0.15, 0.2) is 18.2 Å². The van der Waals surface area contributed by atoms with Crippen molar-refractivity contribution in [2.24, 2.45) is 0 Å². The minimum absolute atomic E-state index is 0.286. The third-order valence-electron chi connectivity index (χ3n) is 3.93. The molecule has 0 aromatic heterocycles. The SMILES string of the molecule is O[C@H](COCc1ccc2c(c1)OCO2)CN1CCCCC1. The lowest BCUT2D eigenvalue weighted by Gasteiger charge is -2.28. The van der Waals surface area contributed by atoms with Crippen LogP contribution in [0, 0.1) is 0 Å². The summed E-state index contributed by atoms with van der Waals surface area (Å²) in [5, 5.41) is 10.0.